The van der Waals surface area contributed by atoms with Gasteiger partial charge >= 0.3 is 5.97 Å². The van der Waals surface area contributed by atoms with E-state index in [0.717, 1.165) is 34.6 Å². The number of aryl methyl sites for hydroxylation is 2. The number of nitrogens with two attached hydrogens (primary N) is 1. The number of nitrogens with zero attached hydrogens (tertiary/aromatic N) is 1. The second kappa shape index (κ2) is 7.64. The van der Waals surface area contributed by atoms with Gasteiger partial charge < -0.3 is 20.1 Å². The Morgan fingerprint density at radius 2 is 1.69 bits per heavy atom. The molecule has 0 aromatic heterocycles. The van der Waals surface area contributed by atoms with Crippen LogP contribution in [0.4, 0.5) is 17.1 Å². The Labute approximate surface area is 204 Å². The van der Waals surface area contributed by atoms with E-state index < -0.39 is 5.60 Å². The maximum atomic E-state index is 13.0. The summed E-state index contributed by atoms with van der Waals surface area (Å²) in [5, 5.41) is 0. The van der Waals surface area contributed by atoms with E-state index in [1.54, 1.807) is 12.1 Å². The van der Waals surface area contributed by atoms with Crippen LogP contribution in [0.15, 0.2) is 78.9 Å². The lowest BCUT2D eigenvalue weighted by Crippen LogP contribution is -2.33. The fourth-order valence-corrected chi connectivity index (χ4v) is 5.45. The number of ether oxygens (including phenoxy) is 2. The van der Waals surface area contributed by atoms with Gasteiger partial charge in [-0.2, -0.15) is 0 Å². The van der Waals surface area contributed by atoms with Gasteiger partial charge in [0.05, 0.1) is 5.56 Å². The van der Waals surface area contributed by atoms with Gasteiger partial charge in [0.15, 0.2) is 5.60 Å². The van der Waals surface area contributed by atoms with Gasteiger partial charge in [0, 0.05) is 46.4 Å². The van der Waals surface area contributed by atoms with Crippen LogP contribution in [-0.2, 0) is 10.3 Å². The second-order valence-electron chi connectivity index (χ2n) is 9.19. The van der Waals surface area contributed by atoms with E-state index in [4.69, 9.17) is 15.2 Å². The van der Waals surface area contributed by atoms with Gasteiger partial charge in [-0.05, 0) is 68.8 Å². The number of hydrogen-bond acceptors (Lipinski definition) is 5. The van der Waals surface area contributed by atoms with Crippen LogP contribution in [0.25, 0.3) is 0 Å². The number of benzene rings is 4. The first kappa shape index (κ1) is 21.3. The van der Waals surface area contributed by atoms with Crippen LogP contribution in [-0.4, -0.2) is 12.5 Å². The standard InChI is InChI=1S/C30H26N2O3/c1-4-32(26-13-9-18(2)15-19(26)3)21-11-12-24-28(17-21)34-27-14-10-20(31)16-25(27)30(24)23-8-6-5-7-22(23)29(33)35-30/h5-17H,4,31H2,1-3H3. The first-order valence-corrected chi connectivity index (χ1v) is 11.8. The van der Waals surface area contributed by atoms with Crippen molar-refractivity contribution in [2.45, 2.75) is 26.4 Å². The maximum absolute atomic E-state index is 13.0. The highest BCUT2D eigenvalue weighted by atomic mass is 16.6. The Kier molecular flexibility index (Phi) is 4.65. The van der Waals surface area contributed by atoms with E-state index in [0.29, 0.717) is 22.7 Å². The number of esters is 1. The summed E-state index contributed by atoms with van der Waals surface area (Å²) in [5.74, 6) is 0.937. The van der Waals surface area contributed by atoms with Gasteiger partial charge in [-0.15, -0.1) is 0 Å². The van der Waals surface area contributed by atoms with Crippen molar-refractivity contribution in [2.24, 2.45) is 0 Å². The molecule has 0 saturated carbocycles. The molecule has 1 unspecified atom stereocenters. The number of rotatable bonds is 3. The van der Waals surface area contributed by atoms with Crippen molar-refractivity contribution in [2.75, 3.05) is 17.2 Å². The van der Waals surface area contributed by atoms with Gasteiger partial charge in [0.25, 0.3) is 0 Å². The minimum absolute atomic E-state index is 0.351. The number of fused-ring (bicyclic) bond motifs is 6. The molecule has 6 rings (SSSR count). The molecule has 35 heavy (non-hydrogen) atoms. The summed E-state index contributed by atoms with van der Waals surface area (Å²) in [5.41, 5.74) is 13.1. The SMILES string of the molecule is CCN(c1ccc2c(c1)Oc1ccc(N)cc1C21OC(=O)c2ccccc21)c1ccc(C)cc1C. The van der Waals surface area contributed by atoms with E-state index in [2.05, 4.69) is 49.9 Å². The third kappa shape index (κ3) is 3.04. The molecule has 4 aromatic carbocycles. The van der Waals surface area contributed by atoms with Crippen LogP contribution in [0.3, 0.4) is 0 Å². The lowest BCUT2D eigenvalue weighted by molar-refractivity contribution is 0.0224. The zero-order chi connectivity index (χ0) is 24.3. The largest absolute Gasteiger partial charge is 0.456 e. The first-order valence-electron chi connectivity index (χ1n) is 11.8. The predicted octanol–water partition coefficient (Wildman–Crippen LogP) is 6.61. The highest BCUT2D eigenvalue weighted by molar-refractivity contribution is 5.97. The Morgan fingerprint density at radius 3 is 2.49 bits per heavy atom. The number of nitrogen functional groups attached to an aromatic ring is 1. The highest BCUT2D eigenvalue weighted by Crippen LogP contribution is 2.57. The summed E-state index contributed by atoms with van der Waals surface area (Å²) in [7, 11) is 0. The summed E-state index contributed by atoms with van der Waals surface area (Å²) in [4.78, 5) is 15.3. The smallest absolute Gasteiger partial charge is 0.340 e. The summed E-state index contributed by atoms with van der Waals surface area (Å²) in [6.07, 6.45) is 0. The van der Waals surface area contributed by atoms with E-state index in [-0.39, 0.29) is 5.97 Å². The van der Waals surface area contributed by atoms with Crippen LogP contribution in [0.2, 0.25) is 0 Å². The van der Waals surface area contributed by atoms with E-state index >= 15 is 0 Å². The van der Waals surface area contributed by atoms with Crippen LogP contribution in [0.5, 0.6) is 11.5 Å². The molecule has 0 radical (unpaired) electrons. The third-order valence-corrected chi connectivity index (χ3v) is 6.99. The van der Waals surface area contributed by atoms with Gasteiger partial charge in [-0.1, -0.05) is 35.9 Å². The predicted molar refractivity (Wildman–Crippen MR) is 138 cm³/mol. The Bertz CT molecular complexity index is 1510. The molecule has 0 bridgehead atoms. The summed E-state index contributed by atoms with van der Waals surface area (Å²) < 4.78 is 12.6. The molecule has 1 atom stereocenters. The maximum Gasteiger partial charge on any atom is 0.340 e. The van der Waals surface area contributed by atoms with Crippen molar-refractivity contribution >= 4 is 23.0 Å². The van der Waals surface area contributed by atoms with Gasteiger partial charge in [0.1, 0.15) is 11.5 Å². The molecule has 2 aliphatic rings. The van der Waals surface area contributed by atoms with Crippen molar-refractivity contribution in [1.82, 2.24) is 0 Å². The molecular formula is C30H26N2O3. The lowest BCUT2D eigenvalue weighted by atomic mass is 9.77. The molecule has 1 spiro atoms. The van der Waals surface area contributed by atoms with E-state index in [1.165, 1.54) is 11.1 Å². The lowest BCUT2D eigenvalue weighted by Gasteiger charge is -2.37. The molecule has 0 aliphatic carbocycles. The first-order chi connectivity index (χ1) is 16.9. The van der Waals surface area contributed by atoms with Crippen molar-refractivity contribution in [1.29, 1.82) is 0 Å². The van der Waals surface area contributed by atoms with Crippen LogP contribution < -0.4 is 15.4 Å². The van der Waals surface area contributed by atoms with Crippen molar-refractivity contribution in [3.63, 3.8) is 0 Å². The zero-order valence-electron chi connectivity index (χ0n) is 20.0. The minimum Gasteiger partial charge on any atom is -0.456 e. The number of anilines is 3. The minimum atomic E-state index is -1.11. The zero-order valence-corrected chi connectivity index (χ0v) is 20.0. The molecule has 4 aromatic rings. The molecule has 5 heteroatoms. The summed E-state index contributed by atoms with van der Waals surface area (Å²) in [6, 6.07) is 25.6. The second-order valence-corrected chi connectivity index (χ2v) is 9.19. The molecule has 0 saturated heterocycles. The molecule has 0 amide bonds. The van der Waals surface area contributed by atoms with E-state index in [9.17, 15) is 4.79 Å². The Balaban J connectivity index is 1.57. The van der Waals surface area contributed by atoms with Crippen molar-refractivity contribution < 1.29 is 14.3 Å². The van der Waals surface area contributed by atoms with Gasteiger partial charge in [-0.25, -0.2) is 4.79 Å². The molecule has 2 N–H and O–H groups in total. The average Bonchev–Trinajstić information content (AvgIpc) is 3.14. The summed E-state index contributed by atoms with van der Waals surface area (Å²) in [6.45, 7) is 7.15. The Morgan fingerprint density at radius 1 is 0.857 bits per heavy atom. The molecule has 5 nitrogen and oxygen atoms in total. The number of hydrogen-bond donors (Lipinski definition) is 1. The number of carbonyl (C=O) groups excluding carboxylic acids is 1. The molecule has 2 aliphatic heterocycles. The van der Waals surface area contributed by atoms with Crippen LogP contribution >= 0.6 is 0 Å². The normalized spacial score (nSPS) is 17.3. The third-order valence-electron chi connectivity index (χ3n) is 6.99. The quantitative estimate of drug-likeness (QED) is 0.274. The monoisotopic (exact) mass is 462 g/mol. The van der Waals surface area contributed by atoms with E-state index in [1.807, 2.05) is 42.5 Å². The highest BCUT2D eigenvalue weighted by Gasteiger charge is 2.53. The summed E-state index contributed by atoms with van der Waals surface area (Å²) >= 11 is 0. The number of carbonyl (C=O) groups is 1. The van der Waals surface area contributed by atoms with Gasteiger partial charge in [-0.3, -0.25) is 0 Å². The molecule has 174 valence electrons. The fourth-order valence-electron chi connectivity index (χ4n) is 5.45. The van der Waals surface area contributed by atoms with Crippen LogP contribution in [0, 0.1) is 13.8 Å². The average molecular weight is 463 g/mol. The van der Waals surface area contributed by atoms with Crippen molar-refractivity contribution in [3.05, 3.63) is 112 Å². The molecular weight excluding hydrogens is 436 g/mol. The van der Waals surface area contributed by atoms with Crippen LogP contribution in [0.1, 0.15) is 45.1 Å². The fraction of sp³-hybridized carbons (Fsp3) is 0.167. The van der Waals surface area contributed by atoms with Crippen molar-refractivity contribution in [3.8, 4) is 11.5 Å². The van der Waals surface area contributed by atoms with Gasteiger partial charge in [0.2, 0.25) is 0 Å². The Hall–Kier alpha value is -4.25. The molecule has 2 heterocycles. The molecule has 0 fully saturated rings. The topological polar surface area (TPSA) is 64.8 Å².